The third-order valence-corrected chi connectivity index (χ3v) is 2.49. The van der Waals surface area contributed by atoms with Crippen LogP contribution in [0.4, 0.5) is 0 Å². The van der Waals surface area contributed by atoms with Crippen LogP contribution >= 0.6 is 0 Å². The largest absolute Gasteiger partial charge is 0.369 e. The molecule has 0 radical (unpaired) electrons. The van der Waals surface area contributed by atoms with Gasteiger partial charge in [-0.3, -0.25) is 0 Å². The van der Waals surface area contributed by atoms with Crippen molar-refractivity contribution in [3.8, 4) is 12.1 Å². The number of hydrogen-bond acceptors (Lipinski definition) is 3. The Kier molecular flexibility index (Phi) is 1.32. The first kappa shape index (κ1) is 7.64. The minimum absolute atomic E-state index is 0.837. The molecule has 62 valence electrons. The summed E-state index contributed by atoms with van der Waals surface area (Å²) < 4.78 is 0. The van der Waals surface area contributed by atoms with Gasteiger partial charge in [0.2, 0.25) is 0 Å². The van der Waals surface area contributed by atoms with Crippen LogP contribution in [-0.4, -0.2) is 5.54 Å². The first-order valence-electron chi connectivity index (χ1n) is 3.94. The van der Waals surface area contributed by atoms with Gasteiger partial charge in [0.15, 0.2) is 5.54 Å². The number of nitrogens with zero attached hydrogens (tertiary/aromatic N) is 2. The molecule has 0 fully saturated rings. The molecule has 0 spiro atoms. The highest BCUT2D eigenvalue weighted by Crippen LogP contribution is 2.41. The Morgan fingerprint density at radius 2 is 1.77 bits per heavy atom. The van der Waals surface area contributed by atoms with E-state index in [4.69, 9.17) is 10.5 Å². The smallest absolute Gasteiger partial charge is 0.170 e. The Labute approximate surface area is 76.3 Å². The van der Waals surface area contributed by atoms with E-state index in [-0.39, 0.29) is 0 Å². The second-order valence-electron chi connectivity index (χ2n) is 3.10. The monoisotopic (exact) mass is 169 g/mol. The van der Waals surface area contributed by atoms with Crippen LogP contribution in [0.5, 0.6) is 0 Å². The highest BCUT2D eigenvalue weighted by Gasteiger charge is 2.51. The van der Waals surface area contributed by atoms with Crippen LogP contribution in [0.1, 0.15) is 0 Å². The van der Waals surface area contributed by atoms with Gasteiger partial charge in [0, 0.05) is 0 Å². The molecule has 2 atom stereocenters. The molecule has 3 nitrogen and oxygen atoms in total. The van der Waals surface area contributed by atoms with E-state index in [1.807, 2.05) is 0 Å². The van der Waals surface area contributed by atoms with Crippen molar-refractivity contribution in [3.05, 3.63) is 36.6 Å². The lowest BCUT2D eigenvalue weighted by molar-refractivity contribution is 0.440. The normalized spacial score (nSPS) is 38.9. The predicted octanol–water partition coefficient (Wildman–Crippen LogP) is 1.00. The van der Waals surface area contributed by atoms with Gasteiger partial charge in [0.1, 0.15) is 5.41 Å². The Bertz CT molecular complexity index is 405. The molecule has 1 N–H and O–H groups in total. The molecular formula is C10H7N3. The van der Waals surface area contributed by atoms with Gasteiger partial charge in [0.25, 0.3) is 0 Å². The Morgan fingerprint density at radius 1 is 1.00 bits per heavy atom. The summed E-state index contributed by atoms with van der Waals surface area (Å²) in [4.78, 5) is 0. The molecule has 0 saturated heterocycles. The van der Waals surface area contributed by atoms with Crippen molar-refractivity contribution in [2.45, 2.75) is 5.54 Å². The van der Waals surface area contributed by atoms with Crippen molar-refractivity contribution in [2.24, 2.45) is 5.41 Å². The zero-order valence-electron chi connectivity index (χ0n) is 6.86. The van der Waals surface area contributed by atoms with Crippen molar-refractivity contribution < 1.29 is 0 Å². The third-order valence-electron chi connectivity index (χ3n) is 2.49. The van der Waals surface area contributed by atoms with Gasteiger partial charge >= 0.3 is 0 Å². The highest BCUT2D eigenvalue weighted by atomic mass is 15.0. The quantitative estimate of drug-likeness (QED) is 0.588. The third kappa shape index (κ3) is 0.711. The van der Waals surface area contributed by atoms with Gasteiger partial charge in [0.05, 0.1) is 12.1 Å². The summed E-state index contributed by atoms with van der Waals surface area (Å²) in [7, 11) is 0. The lowest BCUT2D eigenvalue weighted by Crippen LogP contribution is -2.48. The number of fused-ring (bicyclic) bond motifs is 1. The van der Waals surface area contributed by atoms with Gasteiger partial charge in [-0.2, -0.15) is 10.5 Å². The van der Waals surface area contributed by atoms with Gasteiger partial charge in [-0.15, -0.1) is 0 Å². The maximum absolute atomic E-state index is 9.07. The van der Waals surface area contributed by atoms with E-state index in [0.717, 1.165) is 0 Å². The Morgan fingerprint density at radius 3 is 2.38 bits per heavy atom. The van der Waals surface area contributed by atoms with E-state index in [1.165, 1.54) is 0 Å². The maximum atomic E-state index is 9.07. The van der Waals surface area contributed by atoms with Crippen molar-refractivity contribution in [3.63, 3.8) is 0 Å². The summed E-state index contributed by atoms with van der Waals surface area (Å²) in [6, 6.07) is 4.30. The Hall–Kier alpha value is -2.00. The Balaban J connectivity index is 2.62. The predicted molar refractivity (Wildman–Crippen MR) is 46.9 cm³/mol. The van der Waals surface area contributed by atoms with E-state index in [2.05, 4.69) is 17.5 Å². The molecular weight excluding hydrogens is 162 g/mol. The molecule has 3 heteroatoms. The molecule has 2 aliphatic rings. The molecule has 1 heterocycles. The fourth-order valence-corrected chi connectivity index (χ4v) is 1.66. The standard InChI is InChI=1S/C10H7N3/c11-7-9-3-1-2-4-10(9,8-12)13-6-5-9/h1-6,13H. The zero-order chi connectivity index (χ0) is 9.36. The molecule has 0 saturated carbocycles. The number of allylic oxidation sites excluding steroid dienone is 2. The van der Waals surface area contributed by atoms with Gasteiger partial charge < -0.3 is 5.32 Å². The molecule has 1 aliphatic heterocycles. The minimum atomic E-state index is -0.906. The van der Waals surface area contributed by atoms with Crippen LogP contribution in [0.25, 0.3) is 0 Å². The lowest BCUT2D eigenvalue weighted by Gasteiger charge is -2.32. The molecule has 1 aliphatic carbocycles. The number of rotatable bonds is 0. The van der Waals surface area contributed by atoms with Crippen LogP contribution in [0.2, 0.25) is 0 Å². The van der Waals surface area contributed by atoms with Crippen LogP contribution in [0.15, 0.2) is 36.6 Å². The molecule has 2 unspecified atom stereocenters. The minimum Gasteiger partial charge on any atom is -0.369 e. The van der Waals surface area contributed by atoms with Gasteiger partial charge in [-0.25, -0.2) is 0 Å². The van der Waals surface area contributed by atoms with Crippen LogP contribution in [0.3, 0.4) is 0 Å². The SMILES string of the molecule is N#CC12C=CC=CC1(C#N)NC=C2. The van der Waals surface area contributed by atoms with E-state index < -0.39 is 11.0 Å². The van der Waals surface area contributed by atoms with E-state index in [0.29, 0.717) is 0 Å². The zero-order valence-corrected chi connectivity index (χ0v) is 6.86. The van der Waals surface area contributed by atoms with E-state index in [1.54, 1.807) is 36.6 Å². The number of hydrogen-bond donors (Lipinski definition) is 1. The van der Waals surface area contributed by atoms with Gasteiger partial charge in [-0.05, 0) is 18.4 Å². The van der Waals surface area contributed by atoms with Gasteiger partial charge in [-0.1, -0.05) is 18.2 Å². The van der Waals surface area contributed by atoms with Crippen molar-refractivity contribution >= 4 is 0 Å². The second-order valence-corrected chi connectivity index (χ2v) is 3.10. The maximum Gasteiger partial charge on any atom is 0.170 e. The molecule has 13 heavy (non-hydrogen) atoms. The van der Waals surface area contributed by atoms with E-state index >= 15 is 0 Å². The summed E-state index contributed by atoms with van der Waals surface area (Å²) in [5.74, 6) is 0. The average Bonchev–Trinajstić information content (AvgIpc) is 2.58. The molecule has 0 bridgehead atoms. The first-order chi connectivity index (χ1) is 6.29. The van der Waals surface area contributed by atoms with Crippen molar-refractivity contribution in [1.29, 1.82) is 10.5 Å². The van der Waals surface area contributed by atoms with E-state index in [9.17, 15) is 0 Å². The fourth-order valence-electron chi connectivity index (χ4n) is 1.66. The fraction of sp³-hybridized carbons (Fsp3) is 0.200. The molecule has 0 aromatic rings. The summed E-state index contributed by atoms with van der Waals surface area (Å²) in [6.07, 6.45) is 10.4. The lowest BCUT2D eigenvalue weighted by atomic mass is 9.70. The highest BCUT2D eigenvalue weighted by molar-refractivity contribution is 5.49. The van der Waals surface area contributed by atoms with Crippen LogP contribution in [-0.2, 0) is 0 Å². The molecule has 0 amide bonds. The summed E-state index contributed by atoms with van der Waals surface area (Å²) in [5, 5.41) is 21.0. The first-order valence-corrected chi connectivity index (χ1v) is 3.94. The summed E-state index contributed by atoms with van der Waals surface area (Å²) in [6.45, 7) is 0. The van der Waals surface area contributed by atoms with Crippen LogP contribution < -0.4 is 5.32 Å². The average molecular weight is 169 g/mol. The topological polar surface area (TPSA) is 59.6 Å². The summed E-state index contributed by atoms with van der Waals surface area (Å²) in [5.41, 5.74) is -1.74. The number of nitrogens with one attached hydrogen (secondary N) is 1. The summed E-state index contributed by atoms with van der Waals surface area (Å²) >= 11 is 0. The van der Waals surface area contributed by atoms with Crippen molar-refractivity contribution in [2.75, 3.05) is 0 Å². The molecule has 0 aromatic heterocycles. The number of nitriles is 2. The van der Waals surface area contributed by atoms with Crippen molar-refractivity contribution in [1.82, 2.24) is 5.32 Å². The molecule has 2 rings (SSSR count). The second kappa shape index (κ2) is 2.24. The van der Waals surface area contributed by atoms with Crippen LogP contribution in [0, 0.1) is 28.1 Å². The molecule has 0 aromatic carbocycles.